The third-order valence-corrected chi connectivity index (χ3v) is 5.80. The summed E-state index contributed by atoms with van der Waals surface area (Å²) in [6.07, 6.45) is 0.698. The predicted octanol–water partition coefficient (Wildman–Crippen LogP) is 3.48. The summed E-state index contributed by atoms with van der Waals surface area (Å²) in [6.45, 7) is 7.33. The van der Waals surface area contributed by atoms with Crippen LogP contribution in [-0.2, 0) is 18.4 Å². The number of nitrogens with one attached hydrogen (secondary N) is 1. The van der Waals surface area contributed by atoms with Crippen LogP contribution >= 0.6 is 0 Å². The molecule has 36 heavy (non-hydrogen) atoms. The van der Waals surface area contributed by atoms with Gasteiger partial charge in [0, 0.05) is 24.0 Å². The number of amides is 2. The molecule has 1 N–H and O–H groups in total. The van der Waals surface area contributed by atoms with Crippen molar-refractivity contribution in [1.29, 1.82) is 0 Å². The van der Waals surface area contributed by atoms with Crippen LogP contribution in [0.3, 0.4) is 0 Å². The molecule has 0 atom stereocenters. The highest BCUT2D eigenvalue weighted by molar-refractivity contribution is 6.03. The van der Waals surface area contributed by atoms with Crippen molar-refractivity contribution in [3.05, 3.63) is 86.8 Å². The maximum absolute atomic E-state index is 13.1. The lowest BCUT2D eigenvalue weighted by Gasteiger charge is -2.21. The first-order chi connectivity index (χ1) is 17.2. The SMILES string of the molecule is Cc1ccc(NC(=O)c2nc(C)cc(C)c2CN(C=O)c2ccc(-c3c(C)on(C)c3=O)cc2)nn1. The van der Waals surface area contributed by atoms with Gasteiger partial charge in [0.2, 0.25) is 6.41 Å². The van der Waals surface area contributed by atoms with Crippen molar-refractivity contribution in [1.82, 2.24) is 19.9 Å². The molecular weight excluding hydrogens is 460 g/mol. The summed E-state index contributed by atoms with van der Waals surface area (Å²) in [5.74, 6) is 0.376. The van der Waals surface area contributed by atoms with Gasteiger partial charge in [-0.25, -0.2) is 4.98 Å². The van der Waals surface area contributed by atoms with Crippen LogP contribution in [0.1, 0.15) is 38.8 Å². The van der Waals surface area contributed by atoms with Crippen LogP contribution in [0.25, 0.3) is 11.1 Å². The smallest absolute Gasteiger partial charge is 0.290 e. The van der Waals surface area contributed by atoms with E-state index in [-0.39, 0.29) is 17.8 Å². The molecule has 10 heteroatoms. The number of aryl methyl sites for hydroxylation is 5. The van der Waals surface area contributed by atoms with E-state index < -0.39 is 5.91 Å². The van der Waals surface area contributed by atoms with Gasteiger partial charge in [-0.1, -0.05) is 12.1 Å². The normalized spacial score (nSPS) is 10.8. The third kappa shape index (κ3) is 4.92. The molecule has 4 aromatic rings. The maximum Gasteiger partial charge on any atom is 0.290 e. The van der Waals surface area contributed by atoms with Gasteiger partial charge in [-0.2, -0.15) is 9.84 Å². The number of rotatable bonds is 7. The Morgan fingerprint density at radius 2 is 1.78 bits per heavy atom. The van der Waals surface area contributed by atoms with Crippen molar-refractivity contribution in [3.8, 4) is 11.1 Å². The third-order valence-electron chi connectivity index (χ3n) is 5.80. The lowest BCUT2D eigenvalue weighted by Crippen LogP contribution is -2.25. The molecule has 0 aliphatic carbocycles. The average Bonchev–Trinajstić information content (AvgIpc) is 3.10. The summed E-state index contributed by atoms with van der Waals surface area (Å²) in [5, 5.41) is 10.7. The standard InChI is InChI=1S/C26H26N6O4/c1-15-12-17(3)27-24(25(34)28-22-11-6-16(2)29-30-22)21(15)13-32(14-33)20-9-7-19(8-10-20)23-18(4)36-31(5)26(23)35/h6-12,14H,13H2,1-5H3,(H,28,30,34). The monoisotopic (exact) mass is 486 g/mol. The number of carbonyl (C=O) groups excluding carboxylic acids is 2. The minimum Gasteiger partial charge on any atom is -0.381 e. The predicted molar refractivity (Wildman–Crippen MR) is 135 cm³/mol. The highest BCUT2D eigenvalue weighted by Crippen LogP contribution is 2.26. The number of benzene rings is 1. The molecule has 0 radical (unpaired) electrons. The molecule has 1 aromatic carbocycles. The molecule has 0 saturated heterocycles. The molecule has 0 unspecified atom stereocenters. The Morgan fingerprint density at radius 3 is 2.36 bits per heavy atom. The van der Waals surface area contributed by atoms with Crippen LogP contribution < -0.4 is 15.8 Å². The Hall–Kier alpha value is -4.60. The number of pyridine rings is 1. The van der Waals surface area contributed by atoms with Crippen molar-refractivity contribution in [3.63, 3.8) is 0 Å². The Kier molecular flexibility index (Phi) is 6.77. The van der Waals surface area contributed by atoms with Crippen LogP contribution in [0, 0.1) is 27.7 Å². The van der Waals surface area contributed by atoms with E-state index in [4.69, 9.17) is 4.52 Å². The van der Waals surface area contributed by atoms with Crippen LogP contribution in [0.15, 0.2) is 51.8 Å². The van der Waals surface area contributed by atoms with E-state index in [1.165, 1.54) is 9.64 Å². The van der Waals surface area contributed by atoms with E-state index in [2.05, 4.69) is 20.5 Å². The van der Waals surface area contributed by atoms with Crippen LogP contribution in [0.2, 0.25) is 0 Å². The molecule has 0 saturated carbocycles. The van der Waals surface area contributed by atoms with Crippen LogP contribution in [-0.4, -0.2) is 32.2 Å². The largest absolute Gasteiger partial charge is 0.381 e. The van der Waals surface area contributed by atoms with E-state index in [1.807, 2.05) is 13.0 Å². The molecule has 0 spiro atoms. The summed E-state index contributed by atoms with van der Waals surface area (Å²) in [6, 6.07) is 12.3. The summed E-state index contributed by atoms with van der Waals surface area (Å²) in [4.78, 5) is 43.5. The minimum atomic E-state index is -0.442. The fraction of sp³-hybridized carbons (Fsp3) is 0.231. The van der Waals surface area contributed by atoms with Crippen molar-refractivity contribution in [2.24, 2.45) is 7.05 Å². The minimum absolute atomic E-state index is 0.122. The zero-order valence-electron chi connectivity index (χ0n) is 20.7. The van der Waals surface area contributed by atoms with Crippen molar-refractivity contribution in [2.75, 3.05) is 10.2 Å². The van der Waals surface area contributed by atoms with Crippen LogP contribution in [0.4, 0.5) is 11.5 Å². The average molecular weight is 487 g/mol. The van der Waals surface area contributed by atoms with Gasteiger partial charge in [-0.3, -0.25) is 14.4 Å². The van der Waals surface area contributed by atoms with E-state index >= 15 is 0 Å². The van der Waals surface area contributed by atoms with Crippen LogP contribution in [0.5, 0.6) is 0 Å². The van der Waals surface area contributed by atoms with Gasteiger partial charge in [0.15, 0.2) is 5.82 Å². The fourth-order valence-corrected chi connectivity index (χ4v) is 4.00. The Bertz CT molecular complexity index is 1490. The van der Waals surface area contributed by atoms with E-state index in [1.54, 1.807) is 64.2 Å². The Morgan fingerprint density at radius 1 is 1.06 bits per heavy atom. The summed E-state index contributed by atoms with van der Waals surface area (Å²) >= 11 is 0. The van der Waals surface area contributed by atoms with Gasteiger partial charge in [-0.15, -0.1) is 5.10 Å². The second kappa shape index (κ2) is 9.95. The lowest BCUT2D eigenvalue weighted by atomic mass is 10.0. The molecule has 0 bridgehead atoms. The molecule has 3 heterocycles. The molecule has 2 amide bonds. The van der Waals surface area contributed by atoms with Crippen molar-refractivity contribution < 1.29 is 14.1 Å². The number of carbonyl (C=O) groups is 2. The highest BCUT2D eigenvalue weighted by atomic mass is 16.5. The zero-order valence-corrected chi connectivity index (χ0v) is 20.7. The zero-order chi connectivity index (χ0) is 26.0. The Balaban J connectivity index is 1.63. The maximum atomic E-state index is 13.1. The first-order valence-corrected chi connectivity index (χ1v) is 11.3. The molecule has 184 valence electrons. The molecule has 0 aliphatic heterocycles. The molecule has 3 aromatic heterocycles. The van der Waals surface area contributed by atoms with Gasteiger partial charge in [0.25, 0.3) is 11.5 Å². The first-order valence-electron chi connectivity index (χ1n) is 11.3. The van der Waals surface area contributed by atoms with Gasteiger partial charge in [-0.05, 0) is 69.2 Å². The second-order valence-electron chi connectivity index (χ2n) is 8.53. The number of nitrogens with zero attached hydrogens (tertiary/aromatic N) is 5. The topological polar surface area (TPSA) is 123 Å². The van der Waals surface area contributed by atoms with E-state index in [9.17, 15) is 14.4 Å². The van der Waals surface area contributed by atoms with E-state index in [0.717, 1.165) is 11.3 Å². The number of anilines is 2. The quantitative estimate of drug-likeness (QED) is 0.397. The van der Waals surface area contributed by atoms with Gasteiger partial charge in [0.05, 0.1) is 17.8 Å². The van der Waals surface area contributed by atoms with Gasteiger partial charge >= 0.3 is 0 Å². The summed E-state index contributed by atoms with van der Waals surface area (Å²) in [7, 11) is 1.55. The van der Waals surface area contributed by atoms with E-state index in [0.29, 0.717) is 46.1 Å². The molecule has 0 aliphatic rings. The Labute approximate surface area is 207 Å². The van der Waals surface area contributed by atoms with Crippen molar-refractivity contribution in [2.45, 2.75) is 34.2 Å². The molecular formula is C26H26N6O4. The number of aromatic nitrogens is 4. The molecule has 4 rings (SSSR count). The fourth-order valence-electron chi connectivity index (χ4n) is 4.00. The highest BCUT2D eigenvalue weighted by Gasteiger charge is 2.20. The number of hydrogen-bond acceptors (Lipinski definition) is 7. The van der Waals surface area contributed by atoms with Gasteiger partial charge in [0.1, 0.15) is 11.5 Å². The first kappa shape index (κ1) is 24.5. The van der Waals surface area contributed by atoms with Crippen molar-refractivity contribution >= 4 is 23.8 Å². The second-order valence-corrected chi connectivity index (χ2v) is 8.53. The lowest BCUT2D eigenvalue weighted by molar-refractivity contribution is -0.107. The summed E-state index contributed by atoms with van der Waals surface area (Å²) < 4.78 is 6.55. The molecule has 10 nitrogen and oxygen atoms in total. The number of hydrogen-bond donors (Lipinski definition) is 1. The van der Waals surface area contributed by atoms with Gasteiger partial charge < -0.3 is 14.7 Å². The summed E-state index contributed by atoms with van der Waals surface area (Å²) in [5.41, 5.74) is 4.56. The molecule has 0 fully saturated rings.